The van der Waals surface area contributed by atoms with Crippen LogP contribution in [0, 0.1) is 19.8 Å². The Morgan fingerprint density at radius 2 is 1.82 bits per heavy atom. The van der Waals surface area contributed by atoms with Gasteiger partial charge in [0.05, 0.1) is 33.2 Å². The topological polar surface area (TPSA) is 52.0 Å². The monoisotopic (exact) mass is 383 g/mol. The van der Waals surface area contributed by atoms with Gasteiger partial charge in [0.15, 0.2) is 11.5 Å². The first kappa shape index (κ1) is 20.2. The maximum atomic E-state index is 12.9. The van der Waals surface area contributed by atoms with Crippen molar-refractivity contribution in [1.82, 2.24) is 0 Å². The van der Waals surface area contributed by atoms with Crippen LogP contribution < -0.4 is 19.7 Å². The molecule has 0 spiro atoms. The van der Waals surface area contributed by atoms with Crippen molar-refractivity contribution in [3.63, 3.8) is 0 Å². The average Bonchev–Trinajstić information content (AvgIpc) is 2.70. The number of carbonyl (C=O) groups is 1. The summed E-state index contributed by atoms with van der Waals surface area (Å²) in [5, 5.41) is 3.18. The molecule has 5 nitrogen and oxygen atoms in total. The molecular formula is C23H31N2O3+. The van der Waals surface area contributed by atoms with Crippen molar-refractivity contribution in [2.75, 3.05) is 32.6 Å². The van der Waals surface area contributed by atoms with Crippen molar-refractivity contribution in [2.24, 2.45) is 5.92 Å². The highest BCUT2D eigenvalue weighted by molar-refractivity contribution is 5.94. The van der Waals surface area contributed by atoms with E-state index in [4.69, 9.17) is 9.47 Å². The molecule has 1 fully saturated rings. The van der Waals surface area contributed by atoms with Gasteiger partial charge < -0.3 is 19.7 Å². The molecule has 1 aliphatic heterocycles. The summed E-state index contributed by atoms with van der Waals surface area (Å²) in [6.45, 7) is 6.90. The van der Waals surface area contributed by atoms with Crippen LogP contribution in [-0.2, 0) is 11.3 Å². The lowest BCUT2D eigenvalue weighted by Crippen LogP contribution is -3.12. The van der Waals surface area contributed by atoms with Gasteiger partial charge in [0.1, 0.15) is 6.54 Å². The zero-order valence-corrected chi connectivity index (χ0v) is 17.3. The number of amides is 1. The van der Waals surface area contributed by atoms with Gasteiger partial charge in [-0.15, -0.1) is 0 Å². The third kappa shape index (κ3) is 4.65. The van der Waals surface area contributed by atoms with E-state index in [2.05, 4.69) is 11.4 Å². The maximum absolute atomic E-state index is 12.9. The second-order valence-electron chi connectivity index (χ2n) is 7.67. The zero-order chi connectivity index (χ0) is 20.1. The zero-order valence-electron chi connectivity index (χ0n) is 17.3. The fourth-order valence-corrected chi connectivity index (χ4v) is 4.05. The largest absolute Gasteiger partial charge is 0.493 e. The lowest BCUT2D eigenvalue weighted by Gasteiger charge is -2.29. The fraction of sp³-hybridized carbons (Fsp3) is 0.435. The number of methoxy groups -OCH3 is 2. The number of likely N-dealkylation sites (tertiary alicyclic amines) is 1. The summed E-state index contributed by atoms with van der Waals surface area (Å²) in [6, 6.07) is 12.2. The Bertz CT molecular complexity index is 814. The highest BCUT2D eigenvalue weighted by Gasteiger charge is 2.29. The van der Waals surface area contributed by atoms with E-state index in [0.29, 0.717) is 0 Å². The van der Waals surface area contributed by atoms with Gasteiger partial charge in [0, 0.05) is 11.3 Å². The molecule has 0 aromatic heterocycles. The molecule has 1 unspecified atom stereocenters. The van der Waals surface area contributed by atoms with E-state index < -0.39 is 0 Å². The highest BCUT2D eigenvalue weighted by Crippen LogP contribution is 2.27. The molecule has 0 saturated carbocycles. The number of hydrogen-bond donors (Lipinski definition) is 2. The summed E-state index contributed by atoms with van der Waals surface area (Å²) in [5.41, 5.74) is 4.38. The number of hydrogen-bond acceptors (Lipinski definition) is 3. The Morgan fingerprint density at radius 1 is 1.11 bits per heavy atom. The molecule has 0 aliphatic carbocycles. The highest BCUT2D eigenvalue weighted by atomic mass is 16.5. The molecule has 2 atom stereocenters. The van der Waals surface area contributed by atoms with Crippen LogP contribution in [0.2, 0.25) is 0 Å². The first-order valence-electron chi connectivity index (χ1n) is 9.93. The van der Waals surface area contributed by atoms with E-state index in [1.807, 2.05) is 44.2 Å². The van der Waals surface area contributed by atoms with Gasteiger partial charge in [-0.05, 0) is 56.0 Å². The molecular weight excluding hydrogens is 352 g/mol. The maximum Gasteiger partial charge on any atom is 0.233 e. The number of ether oxygens (including phenoxy) is 2. The van der Waals surface area contributed by atoms with Crippen LogP contribution >= 0.6 is 0 Å². The average molecular weight is 384 g/mol. The number of carbonyl (C=O) groups excluding carboxylic acids is 1. The van der Waals surface area contributed by atoms with Crippen molar-refractivity contribution in [3.05, 3.63) is 53.1 Å². The van der Waals surface area contributed by atoms with Crippen LogP contribution in [0.1, 0.15) is 29.5 Å². The Kier molecular flexibility index (Phi) is 6.57. The van der Waals surface area contributed by atoms with Crippen LogP contribution in [-0.4, -0.2) is 33.2 Å². The fourth-order valence-electron chi connectivity index (χ4n) is 4.05. The first-order valence-corrected chi connectivity index (χ1v) is 9.93. The number of benzene rings is 2. The van der Waals surface area contributed by atoms with Gasteiger partial charge in [-0.2, -0.15) is 0 Å². The summed E-state index contributed by atoms with van der Waals surface area (Å²) in [4.78, 5) is 14.3. The SMILES string of the molecule is COc1ccc(C[NH+]2CCC[C@H](C(=O)Nc3c(C)cccc3C)C2)cc1OC. The van der Waals surface area contributed by atoms with E-state index in [-0.39, 0.29) is 11.8 Å². The van der Waals surface area contributed by atoms with Crippen molar-refractivity contribution in [2.45, 2.75) is 33.2 Å². The third-order valence-corrected chi connectivity index (χ3v) is 5.62. The molecule has 3 rings (SSSR count). The standard InChI is InChI=1S/C23H30N2O3/c1-16-7-5-8-17(2)22(16)24-23(26)19-9-6-12-25(15-19)14-18-10-11-20(27-3)21(13-18)28-4/h5,7-8,10-11,13,19H,6,9,12,14-15H2,1-4H3,(H,24,26)/p+1/t19-/m0/s1. The smallest absolute Gasteiger partial charge is 0.233 e. The van der Waals surface area contributed by atoms with Crippen LogP contribution in [0.4, 0.5) is 5.69 Å². The number of nitrogens with one attached hydrogen (secondary N) is 2. The summed E-state index contributed by atoms with van der Waals surface area (Å²) in [6.07, 6.45) is 2.01. The predicted molar refractivity (Wildman–Crippen MR) is 111 cm³/mol. The first-order chi connectivity index (χ1) is 13.5. The summed E-state index contributed by atoms with van der Waals surface area (Å²) in [5.74, 6) is 1.68. The minimum absolute atomic E-state index is 0.0444. The van der Waals surface area contributed by atoms with Crippen LogP contribution in [0.15, 0.2) is 36.4 Å². The molecule has 2 aromatic carbocycles. The van der Waals surface area contributed by atoms with Crippen molar-refractivity contribution >= 4 is 11.6 Å². The number of para-hydroxylation sites is 1. The Labute approximate surface area is 167 Å². The molecule has 2 aromatic rings. The van der Waals surface area contributed by atoms with Crippen molar-refractivity contribution in [3.8, 4) is 11.5 Å². The Balaban J connectivity index is 1.64. The van der Waals surface area contributed by atoms with E-state index >= 15 is 0 Å². The summed E-state index contributed by atoms with van der Waals surface area (Å²) in [7, 11) is 3.30. The summed E-state index contributed by atoms with van der Waals surface area (Å²) < 4.78 is 10.7. The molecule has 150 valence electrons. The lowest BCUT2D eigenvalue weighted by molar-refractivity contribution is -0.921. The van der Waals surface area contributed by atoms with Gasteiger partial charge in [-0.25, -0.2) is 0 Å². The molecule has 2 N–H and O–H groups in total. The Hall–Kier alpha value is -2.53. The quantitative estimate of drug-likeness (QED) is 0.807. The van der Waals surface area contributed by atoms with Crippen LogP contribution in [0.25, 0.3) is 0 Å². The molecule has 5 heteroatoms. The Morgan fingerprint density at radius 3 is 2.50 bits per heavy atom. The van der Waals surface area contributed by atoms with E-state index in [0.717, 1.165) is 60.8 Å². The molecule has 0 radical (unpaired) electrons. The van der Waals surface area contributed by atoms with Gasteiger partial charge in [-0.1, -0.05) is 18.2 Å². The molecule has 0 bridgehead atoms. The number of piperidine rings is 1. The molecule has 1 heterocycles. The minimum Gasteiger partial charge on any atom is -0.493 e. The van der Waals surface area contributed by atoms with Crippen LogP contribution in [0.3, 0.4) is 0 Å². The minimum atomic E-state index is 0.0444. The third-order valence-electron chi connectivity index (χ3n) is 5.62. The molecule has 28 heavy (non-hydrogen) atoms. The van der Waals surface area contributed by atoms with E-state index in [1.54, 1.807) is 14.2 Å². The van der Waals surface area contributed by atoms with Crippen LogP contribution in [0.5, 0.6) is 11.5 Å². The number of quaternary nitrogens is 1. The number of rotatable bonds is 6. The molecule has 1 amide bonds. The van der Waals surface area contributed by atoms with Crippen molar-refractivity contribution < 1.29 is 19.2 Å². The number of anilines is 1. The normalized spacial score (nSPS) is 19.1. The van der Waals surface area contributed by atoms with E-state index in [9.17, 15) is 4.79 Å². The summed E-state index contributed by atoms with van der Waals surface area (Å²) >= 11 is 0. The second kappa shape index (κ2) is 9.11. The van der Waals surface area contributed by atoms with Gasteiger partial charge in [0.25, 0.3) is 0 Å². The molecule has 1 aliphatic rings. The van der Waals surface area contributed by atoms with E-state index in [1.165, 1.54) is 10.5 Å². The van der Waals surface area contributed by atoms with Crippen molar-refractivity contribution in [1.29, 1.82) is 0 Å². The lowest BCUT2D eigenvalue weighted by atomic mass is 9.96. The number of aryl methyl sites for hydroxylation is 2. The molecule has 1 saturated heterocycles. The predicted octanol–water partition coefficient (Wildman–Crippen LogP) is 2.75. The second-order valence-corrected chi connectivity index (χ2v) is 7.67. The van der Waals surface area contributed by atoms with Gasteiger partial charge in [-0.3, -0.25) is 4.79 Å². The van der Waals surface area contributed by atoms with Gasteiger partial charge >= 0.3 is 0 Å². The van der Waals surface area contributed by atoms with Gasteiger partial charge in [0.2, 0.25) is 5.91 Å².